The molecule has 0 aliphatic heterocycles. The maximum absolute atomic E-state index is 12.4. The Morgan fingerprint density at radius 1 is 0.960 bits per heavy atom. The average molecular weight is 331 g/mol. The molecule has 0 atom stereocenters. The summed E-state index contributed by atoms with van der Waals surface area (Å²) in [6.45, 7) is 4.80. The molecule has 3 aromatic rings. The summed E-state index contributed by atoms with van der Waals surface area (Å²) in [5.41, 5.74) is 5.63. The van der Waals surface area contributed by atoms with Gasteiger partial charge < -0.3 is 10.6 Å². The average Bonchev–Trinajstić information content (AvgIpc) is 2.63. The van der Waals surface area contributed by atoms with Gasteiger partial charge in [0, 0.05) is 24.1 Å². The van der Waals surface area contributed by atoms with Crippen LogP contribution in [0.15, 0.2) is 66.9 Å². The van der Waals surface area contributed by atoms with Crippen LogP contribution in [-0.4, -0.2) is 10.9 Å². The van der Waals surface area contributed by atoms with Crippen LogP contribution in [-0.2, 0) is 6.54 Å². The number of pyridine rings is 1. The zero-order valence-corrected chi connectivity index (χ0v) is 14.4. The summed E-state index contributed by atoms with van der Waals surface area (Å²) in [7, 11) is 0. The predicted octanol–water partition coefficient (Wildman–Crippen LogP) is 4.56. The third-order valence-corrected chi connectivity index (χ3v) is 4.05. The number of aromatic nitrogens is 1. The van der Waals surface area contributed by atoms with E-state index in [0.29, 0.717) is 12.2 Å². The first kappa shape index (κ1) is 16.7. The lowest BCUT2D eigenvalue weighted by Crippen LogP contribution is -2.14. The first-order valence-corrected chi connectivity index (χ1v) is 8.24. The standard InChI is InChI=1S/C21H21N3O/c1-15-7-9-18(10-8-15)24-21(25)20-13-19(11-12-22-20)23-14-17-6-4-3-5-16(17)2/h3-13H,14H2,1-2H3,(H,22,23)(H,24,25). The molecule has 0 unspecified atom stereocenters. The molecule has 126 valence electrons. The molecule has 0 saturated heterocycles. The summed E-state index contributed by atoms with van der Waals surface area (Å²) < 4.78 is 0. The van der Waals surface area contributed by atoms with Crippen LogP contribution in [0.1, 0.15) is 27.2 Å². The second-order valence-electron chi connectivity index (χ2n) is 6.03. The summed E-state index contributed by atoms with van der Waals surface area (Å²) in [5, 5.41) is 6.21. The number of nitrogens with zero attached hydrogens (tertiary/aromatic N) is 1. The van der Waals surface area contributed by atoms with Gasteiger partial charge in [-0.25, -0.2) is 0 Å². The number of hydrogen-bond acceptors (Lipinski definition) is 3. The van der Waals surface area contributed by atoms with Gasteiger partial charge in [0.1, 0.15) is 5.69 Å². The Hall–Kier alpha value is -3.14. The Morgan fingerprint density at radius 3 is 2.48 bits per heavy atom. The van der Waals surface area contributed by atoms with Gasteiger partial charge >= 0.3 is 0 Å². The fourth-order valence-corrected chi connectivity index (χ4v) is 2.50. The second kappa shape index (κ2) is 7.62. The topological polar surface area (TPSA) is 54.0 Å². The van der Waals surface area contributed by atoms with E-state index in [2.05, 4.69) is 34.7 Å². The molecule has 4 nitrogen and oxygen atoms in total. The SMILES string of the molecule is Cc1ccc(NC(=O)c2cc(NCc3ccccc3C)ccn2)cc1. The highest BCUT2D eigenvalue weighted by Gasteiger charge is 2.08. The minimum Gasteiger partial charge on any atom is -0.381 e. The normalized spacial score (nSPS) is 10.3. The third kappa shape index (κ3) is 4.44. The molecule has 0 saturated carbocycles. The molecule has 25 heavy (non-hydrogen) atoms. The van der Waals surface area contributed by atoms with Crippen LogP contribution in [0, 0.1) is 13.8 Å². The number of carbonyl (C=O) groups is 1. The van der Waals surface area contributed by atoms with Crippen molar-refractivity contribution < 1.29 is 4.79 Å². The van der Waals surface area contributed by atoms with Crippen LogP contribution in [0.2, 0.25) is 0 Å². The number of nitrogens with one attached hydrogen (secondary N) is 2. The van der Waals surface area contributed by atoms with Gasteiger partial charge in [0.15, 0.2) is 0 Å². The number of benzene rings is 2. The predicted molar refractivity (Wildman–Crippen MR) is 102 cm³/mol. The van der Waals surface area contributed by atoms with E-state index >= 15 is 0 Å². The quantitative estimate of drug-likeness (QED) is 0.720. The van der Waals surface area contributed by atoms with E-state index in [1.54, 1.807) is 12.3 Å². The van der Waals surface area contributed by atoms with Crippen molar-refractivity contribution in [2.75, 3.05) is 10.6 Å². The molecular weight excluding hydrogens is 310 g/mol. The van der Waals surface area contributed by atoms with E-state index in [1.807, 2.05) is 49.4 Å². The first-order chi connectivity index (χ1) is 12.1. The van der Waals surface area contributed by atoms with Crippen molar-refractivity contribution in [2.45, 2.75) is 20.4 Å². The Bertz CT molecular complexity index is 872. The van der Waals surface area contributed by atoms with Crippen LogP contribution in [0.4, 0.5) is 11.4 Å². The summed E-state index contributed by atoms with van der Waals surface area (Å²) >= 11 is 0. The summed E-state index contributed by atoms with van der Waals surface area (Å²) in [6, 6.07) is 19.5. The van der Waals surface area contributed by atoms with Gasteiger partial charge in [0.2, 0.25) is 0 Å². The lowest BCUT2D eigenvalue weighted by atomic mass is 10.1. The number of amides is 1. The summed E-state index contributed by atoms with van der Waals surface area (Å²) in [4.78, 5) is 16.6. The van der Waals surface area contributed by atoms with Gasteiger partial charge in [0.05, 0.1) is 0 Å². The van der Waals surface area contributed by atoms with Crippen LogP contribution >= 0.6 is 0 Å². The largest absolute Gasteiger partial charge is 0.381 e. The van der Waals surface area contributed by atoms with E-state index in [-0.39, 0.29) is 5.91 Å². The lowest BCUT2D eigenvalue weighted by Gasteiger charge is -2.10. The van der Waals surface area contributed by atoms with Crippen LogP contribution in [0.25, 0.3) is 0 Å². The van der Waals surface area contributed by atoms with Crippen molar-refractivity contribution in [3.8, 4) is 0 Å². The Morgan fingerprint density at radius 2 is 1.72 bits per heavy atom. The van der Waals surface area contributed by atoms with Crippen molar-refractivity contribution in [2.24, 2.45) is 0 Å². The van der Waals surface area contributed by atoms with E-state index in [1.165, 1.54) is 11.1 Å². The molecule has 0 bridgehead atoms. The summed E-state index contributed by atoms with van der Waals surface area (Å²) in [5.74, 6) is -0.219. The van der Waals surface area contributed by atoms with E-state index < -0.39 is 0 Å². The molecule has 0 aliphatic rings. The fraction of sp³-hybridized carbons (Fsp3) is 0.143. The molecule has 4 heteroatoms. The molecule has 1 aromatic heterocycles. The molecule has 3 rings (SSSR count). The molecule has 0 spiro atoms. The zero-order chi connectivity index (χ0) is 17.6. The number of anilines is 2. The Labute approximate surface area is 147 Å². The smallest absolute Gasteiger partial charge is 0.274 e. The molecular formula is C21H21N3O. The zero-order valence-electron chi connectivity index (χ0n) is 14.4. The van der Waals surface area contributed by atoms with Crippen molar-refractivity contribution in [3.63, 3.8) is 0 Å². The molecule has 0 radical (unpaired) electrons. The first-order valence-electron chi connectivity index (χ1n) is 8.24. The highest BCUT2D eigenvalue weighted by molar-refractivity contribution is 6.03. The fourth-order valence-electron chi connectivity index (χ4n) is 2.50. The molecule has 1 amide bonds. The molecule has 2 N–H and O–H groups in total. The second-order valence-corrected chi connectivity index (χ2v) is 6.03. The van der Waals surface area contributed by atoms with Gasteiger partial charge in [0.25, 0.3) is 5.91 Å². The van der Waals surface area contributed by atoms with Crippen molar-refractivity contribution in [3.05, 3.63) is 89.2 Å². The number of aryl methyl sites for hydroxylation is 2. The van der Waals surface area contributed by atoms with Crippen molar-refractivity contribution in [1.82, 2.24) is 4.98 Å². The lowest BCUT2D eigenvalue weighted by molar-refractivity contribution is 0.102. The van der Waals surface area contributed by atoms with E-state index in [9.17, 15) is 4.79 Å². The van der Waals surface area contributed by atoms with Crippen LogP contribution < -0.4 is 10.6 Å². The Balaban J connectivity index is 1.67. The molecule has 2 aromatic carbocycles. The van der Waals surface area contributed by atoms with Crippen molar-refractivity contribution in [1.29, 1.82) is 0 Å². The summed E-state index contributed by atoms with van der Waals surface area (Å²) in [6.07, 6.45) is 1.64. The minimum absolute atomic E-state index is 0.219. The Kier molecular flexibility index (Phi) is 5.09. The number of carbonyl (C=O) groups excluding carboxylic acids is 1. The van der Waals surface area contributed by atoms with E-state index in [0.717, 1.165) is 16.9 Å². The van der Waals surface area contributed by atoms with Gasteiger partial charge in [-0.3, -0.25) is 9.78 Å². The van der Waals surface area contributed by atoms with Gasteiger partial charge in [-0.2, -0.15) is 0 Å². The number of hydrogen-bond donors (Lipinski definition) is 2. The molecule has 0 aliphatic carbocycles. The molecule has 0 fully saturated rings. The van der Waals surface area contributed by atoms with Gasteiger partial charge in [-0.1, -0.05) is 42.0 Å². The third-order valence-electron chi connectivity index (χ3n) is 4.05. The number of rotatable bonds is 5. The van der Waals surface area contributed by atoms with E-state index in [4.69, 9.17) is 0 Å². The van der Waals surface area contributed by atoms with Crippen LogP contribution in [0.3, 0.4) is 0 Å². The maximum atomic E-state index is 12.4. The minimum atomic E-state index is -0.219. The highest BCUT2D eigenvalue weighted by Crippen LogP contribution is 2.14. The van der Waals surface area contributed by atoms with Gasteiger partial charge in [-0.15, -0.1) is 0 Å². The monoisotopic (exact) mass is 331 g/mol. The van der Waals surface area contributed by atoms with Crippen molar-refractivity contribution >= 4 is 17.3 Å². The van der Waals surface area contributed by atoms with Crippen LogP contribution in [0.5, 0.6) is 0 Å². The highest BCUT2D eigenvalue weighted by atomic mass is 16.1. The maximum Gasteiger partial charge on any atom is 0.274 e. The molecule has 1 heterocycles. The van der Waals surface area contributed by atoms with Gasteiger partial charge in [-0.05, 0) is 49.2 Å².